The Morgan fingerprint density at radius 1 is 0.319 bits per heavy atom. The van der Waals surface area contributed by atoms with Crippen LogP contribution in [0.25, 0.3) is 100 Å². The largest absolute Gasteiger partial charge is 3.00 e. The second kappa shape index (κ2) is 20.9. The number of hydrogen-bond donors (Lipinski definition) is 0. The topological polar surface area (TPSA) is 51.8 Å². The number of benzene rings is 8. The third-order valence-electron chi connectivity index (χ3n) is 13.4. The molecule has 0 aliphatic heterocycles. The van der Waals surface area contributed by atoms with Crippen molar-refractivity contribution in [2.45, 2.75) is 25.7 Å². The van der Waals surface area contributed by atoms with Gasteiger partial charge < -0.3 is 19.4 Å². The molecule has 344 valence electrons. The van der Waals surface area contributed by atoms with Crippen LogP contribution in [-0.2, 0) is 45.8 Å². The van der Waals surface area contributed by atoms with Gasteiger partial charge in [0.15, 0.2) is 0 Å². The van der Waals surface area contributed by atoms with E-state index in [1.165, 1.54) is 27.8 Å². The Morgan fingerprint density at radius 3 is 1.43 bits per heavy atom. The fourth-order valence-electron chi connectivity index (χ4n) is 9.68. The molecule has 0 aliphatic rings. The smallest absolute Gasteiger partial charge is 0.456 e. The summed E-state index contributed by atoms with van der Waals surface area (Å²) < 4.78 is 6.16. The van der Waals surface area contributed by atoms with Gasteiger partial charge >= 0.3 is 20.1 Å². The van der Waals surface area contributed by atoms with Crippen molar-refractivity contribution in [3.63, 3.8) is 0 Å². The Labute approximate surface area is 434 Å². The zero-order valence-corrected chi connectivity index (χ0v) is 41.7. The number of aryl methyl sites for hydroxylation is 4. The zero-order valence-electron chi connectivity index (χ0n) is 39.4. The van der Waals surface area contributed by atoms with Gasteiger partial charge in [-0.05, 0) is 122 Å². The van der Waals surface area contributed by atoms with Crippen molar-refractivity contribution >= 4 is 21.9 Å². The summed E-state index contributed by atoms with van der Waals surface area (Å²) in [7, 11) is 0. The van der Waals surface area contributed by atoms with Crippen LogP contribution in [0.5, 0.6) is 0 Å². The molecule has 0 atom stereocenters. The van der Waals surface area contributed by atoms with E-state index in [0.717, 1.165) is 120 Å². The van der Waals surface area contributed by atoms with E-state index in [1.54, 1.807) is 0 Å². The first kappa shape index (κ1) is 46.1. The maximum absolute atomic E-state index is 6.16. The quantitative estimate of drug-likeness (QED) is 0.108. The molecule has 0 saturated heterocycles. The number of nitrogens with zero attached hydrogens (tertiary/aromatic N) is 3. The summed E-state index contributed by atoms with van der Waals surface area (Å²) in [5.41, 5.74) is 21.5. The van der Waals surface area contributed by atoms with Crippen molar-refractivity contribution in [1.29, 1.82) is 0 Å². The summed E-state index contributed by atoms with van der Waals surface area (Å²) in [4.78, 5) is 14.8. The van der Waals surface area contributed by atoms with Crippen LogP contribution in [0.15, 0.2) is 235 Å². The van der Waals surface area contributed by atoms with Crippen LogP contribution in [0.2, 0.25) is 0 Å². The molecule has 12 rings (SSSR count). The summed E-state index contributed by atoms with van der Waals surface area (Å²) in [5.74, 6) is 0. The molecule has 0 N–H and O–H groups in total. The fourth-order valence-corrected chi connectivity index (χ4v) is 9.68. The van der Waals surface area contributed by atoms with Crippen LogP contribution in [-0.4, -0.2) is 15.0 Å². The molecule has 0 amide bonds. The molecule has 4 aromatic heterocycles. The van der Waals surface area contributed by atoms with E-state index in [4.69, 9.17) is 19.4 Å². The Morgan fingerprint density at radius 2 is 0.833 bits per heavy atom. The van der Waals surface area contributed by atoms with E-state index in [9.17, 15) is 0 Å². The second-order valence-electron chi connectivity index (χ2n) is 18.0. The normalized spacial score (nSPS) is 11.2. The molecule has 0 radical (unpaired) electrons. The van der Waals surface area contributed by atoms with Crippen molar-refractivity contribution in [1.82, 2.24) is 15.0 Å². The van der Waals surface area contributed by atoms with Crippen LogP contribution in [0.3, 0.4) is 0 Å². The Hall–Kier alpha value is -8.34. The van der Waals surface area contributed by atoms with Gasteiger partial charge in [-0.2, -0.15) is 0 Å². The van der Waals surface area contributed by atoms with Gasteiger partial charge in [0.2, 0.25) is 0 Å². The minimum atomic E-state index is 0. The van der Waals surface area contributed by atoms with Crippen molar-refractivity contribution in [3.8, 4) is 78.3 Å². The molecule has 72 heavy (non-hydrogen) atoms. The molecule has 5 heteroatoms. The summed E-state index contributed by atoms with van der Waals surface area (Å²) in [5, 5.41) is 2.24. The summed E-state index contributed by atoms with van der Waals surface area (Å²) in [6.07, 6.45) is 9.55. The third kappa shape index (κ3) is 9.86. The van der Waals surface area contributed by atoms with Gasteiger partial charge in [0.25, 0.3) is 0 Å². The maximum atomic E-state index is 6.16. The Bertz CT molecular complexity index is 3670. The van der Waals surface area contributed by atoms with Crippen LogP contribution >= 0.6 is 0 Å². The fraction of sp³-hybridized carbons (Fsp3) is 0.0597. The second-order valence-corrected chi connectivity index (χ2v) is 18.0. The minimum absolute atomic E-state index is 0. The number of aromatic nitrogens is 3. The van der Waals surface area contributed by atoms with Crippen molar-refractivity contribution in [3.05, 3.63) is 271 Å². The first-order valence-electron chi connectivity index (χ1n) is 24.2. The van der Waals surface area contributed by atoms with Gasteiger partial charge in [0.05, 0.1) is 0 Å². The Kier molecular flexibility index (Phi) is 13.4. The molecular formula is C67H46IrN3O. The average molecular weight is 1100 g/mol. The molecule has 0 aliphatic carbocycles. The number of hydrogen-bond acceptors (Lipinski definition) is 4. The molecule has 4 heterocycles. The van der Waals surface area contributed by atoms with Gasteiger partial charge in [0.1, 0.15) is 11.2 Å². The van der Waals surface area contributed by atoms with Gasteiger partial charge in [-0.25, -0.2) is 0 Å². The van der Waals surface area contributed by atoms with Crippen LogP contribution in [0, 0.1) is 18.2 Å². The van der Waals surface area contributed by atoms with Crippen molar-refractivity contribution < 1.29 is 24.5 Å². The number of pyridine rings is 3. The summed E-state index contributed by atoms with van der Waals surface area (Å²) in [6.45, 7) is 0. The first-order chi connectivity index (χ1) is 35.1. The molecule has 4 nitrogen and oxygen atoms in total. The molecule has 0 unspecified atom stereocenters. The number of para-hydroxylation sites is 1. The van der Waals surface area contributed by atoms with E-state index < -0.39 is 0 Å². The zero-order chi connectivity index (χ0) is 47.3. The number of furan rings is 1. The molecule has 8 aromatic carbocycles. The van der Waals surface area contributed by atoms with Gasteiger partial charge in [-0.1, -0.05) is 121 Å². The average Bonchev–Trinajstić information content (AvgIpc) is 3.83. The summed E-state index contributed by atoms with van der Waals surface area (Å²) >= 11 is 0. The molecule has 0 bridgehead atoms. The van der Waals surface area contributed by atoms with Gasteiger partial charge in [0, 0.05) is 34.9 Å². The van der Waals surface area contributed by atoms with Crippen LogP contribution < -0.4 is 0 Å². The molecule has 12 aromatic rings. The van der Waals surface area contributed by atoms with Crippen LogP contribution in [0.1, 0.15) is 22.3 Å². The maximum Gasteiger partial charge on any atom is 3.00 e. The van der Waals surface area contributed by atoms with Crippen LogP contribution in [0.4, 0.5) is 0 Å². The standard InChI is InChI=1S/C67H46N3O.Ir/c1-4-14-52(15-5-1)63-35-28-46(43-68-63)24-26-48-38-49(27-25-47-29-36-64(69-44-47)53-16-6-2-7-17-53)40-56(39-48)57-20-10-11-21-58(57)62-45-70-65(54-18-8-3-9-19-54)42-60(62)51-32-30-50(31-33-51)55-34-37-67-61(41-55)59-22-12-13-23-66(59)71-67;/h1-14,16,18,20-23,28-45H,24-27H2;/q-3;+3. The number of rotatable bonds is 13. The predicted molar refractivity (Wildman–Crippen MR) is 289 cm³/mol. The van der Waals surface area contributed by atoms with E-state index in [-0.39, 0.29) is 20.1 Å². The van der Waals surface area contributed by atoms with Crippen molar-refractivity contribution in [2.75, 3.05) is 0 Å². The molecular weight excluding hydrogens is 1050 g/mol. The molecule has 0 spiro atoms. The van der Waals surface area contributed by atoms with E-state index in [2.05, 4.69) is 170 Å². The predicted octanol–water partition coefficient (Wildman–Crippen LogP) is 16.4. The van der Waals surface area contributed by atoms with Crippen molar-refractivity contribution in [2.24, 2.45) is 0 Å². The van der Waals surface area contributed by atoms with E-state index in [1.807, 2.05) is 79.1 Å². The van der Waals surface area contributed by atoms with E-state index in [0.29, 0.717) is 0 Å². The number of fused-ring (bicyclic) bond motifs is 3. The minimum Gasteiger partial charge on any atom is -0.456 e. The molecule has 0 fully saturated rings. The van der Waals surface area contributed by atoms with E-state index >= 15 is 0 Å². The summed E-state index contributed by atoms with van der Waals surface area (Å²) in [6, 6.07) is 84.5. The molecule has 0 saturated carbocycles. The first-order valence-corrected chi connectivity index (χ1v) is 24.2. The van der Waals surface area contributed by atoms with Gasteiger partial charge in [-0.15, -0.1) is 108 Å². The monoisotopic (exact) mass is 1100 g/mol. The SMILES string of the molecule is [Ir+3].[c-]1ccccc1-c1ccc(CCc2cc(CCc3ccc(-c4[c-]cccc4)nc3)cc(-c3ccccc3-c3cnc(-c4[c-]cccc4)cc3-c3ccc(-c4ccc5oc6ccccc6c5c4)cc3)c2)cn1. The van der Waals surface area contributed by atoms with Gasteiger partial charge in [-0.3, -0.25) is 0 Å². The third-order valence-corrected chi connectivity index (χ3v) is 13.4. The Balaban J connectivity index is 0.00000560.